The topological polar surface area (TPSA) is 75.4 Å². The van der Waals surface area contributed by atoms with Crippen LogP contribution >= 0.6 is 0 Å². The Morgan fingerprint density at radius 3 is 2.79 bits per heavy atom. The SMILES string of the molecule is CC(C)c1cc(C(=O)N[C@H]2CC(=O)N(CC3CCCCC3)C2)no1. The third kappa shape index (κ3) is 3.97. The van der Waals surface area contributed by atoms with Gasteiger partial charge in [-0.1, -0.05) is 38.3 Å². The summed E-state index contributed by atoms with van der Waals surface area (Å²) in [6.07, 6.45) is 6.69. The van der Waals surface area contributed by atoms with Gasteiger partial charge in [-0.25, -0.2) is 0 Å². The molecule has 6 nitrogen and oxygen atoms in total. The Labute approximate surface area is 142 Å². The summed E-state index contributed by atoms with van der Waals surface area (Å²) in [6.45, 7) is 5.42. The Kier molecular flexibility index (Phi) is 5.21. The quantitative estimate of drug-likeness (QED) is 0.899. The maximum absolute atomic E-state index is 12.3. The second kappa shape index (κ2) is 7.36. The zero-order valence-electron chi connectivity index (χ0n) is 14.6. The highest BCUT2D eigenvalue weighted by Gasteiger charge is 2.32. The first-order valence-electron chi connectivity index (χ1n) is 9.08. The third-order valence-electron chi connectivity index (χ3n) is 5.08. The van der Waals surface area contributed by atoms with Gasteiger partial charge in [0.2, 0.25) is 5.91 Å². The van der Waals surface area contributed by atoms with Crippen LogP contribution in [0.4, 0.5) is 0 Å². The molecule has 0 spiro atoms. The van der Waals surface area contributed by atoms with Crippen molar-refractivity contribution in [3.63, 3.8) is 0 Å². The molecule has 6 heteroatoms. The molecule has 0 aromatic carbocycles. The first-order chi connectivity index (χ1) is 11.5. The average Bonchev–Trinajstić information content (AvgIpc) is 3.16. The summed E-state index contributed by atoms with van der Waals surface area (Å²) in [6, 6.07) is 1.55. The van der Waals surface area contributed by atoms with Gasteiger partial charge in [-0.05, 0) is 18.8 Å². The first-order valence-corrected chi connectivity index (χ1v) is 9.08. The average molecular weight is 333 g/mol. The molecule has 3 rings (SSSR count). The molecular formula is C18H27N3O3. The van der Waals surface area contributed by atoms with Gasteiger partial charge in [-0.15, -0.1) is 0 Å². The third-order valence-corrected chi connectivity index (χ3v) is 5.08. The predicted molar refractivity (Wildman–Crippen MR) is 89.6 cm³/mol. The van der Waals surface area contributed by atoms with Crippen molar-refractivity contribution in [1.82, 2.24) is 15.4 Å². The molecule has 0 unspecified atom stereocenters. The number of amides is 2. The molecule has 2 aliphatic rings. The molecule has 0 bridgehead atoms. The Morgan fingerprint density at radius 2 is 2.12 bits per heavy atom. The van der Waals surface area contributed by atoms with E-state index in [1.807, 2.05) is 18.7 Å². The van der Waals surface area contributed by atoms with E-state index in [1.165, 1.54) is 32.1 Å². The molecule has 1 aromatic rings. The monoisotopic (exact) mass is 333 g/mol. The maximum Gasteiger partial charge on any atom is 0.273 e. The molecule has 1 atom stereocenters. The molecule has 1 aliphatic heterocycles. The number of carbonyl (C=O) groups is 2. The van der Waals surface area contributed by atoms with Crippen LogP contribution in [0.15, 0.2) is 10.6 Å². The van der Waals surface area contributed by atoms with E-state index in [0.29, 0.717) is 24.6 Å². The highest BCUT2D eigenvalue weighted by Crippen LogP contribution is 2.26. The van der Waals surface area contributed by atoms with Crippen molar-refractivity contribution < 1.29 is 14.1 Å². The summed E-state index contributed by atoms with van der Waals surface area (Å²) < 4.78 is 5.17. The smallest absolute Gasteiger partial charge is 0.273 e. The van der Waals surface area contributed by atoms with E-state index in [9.17, 15) is 9.59 Å². The number of aromatic nitrogens is 1. The normalized spacial score (nSPS) is 22.4. The van der Waals surface area contributed by atoms with Crippen molar-refractivity contribution in [2.75, 3.05) is 13.1 Å². The Bertz CT molecular complexity index is 590. The lowest BCUT2D eigenvalue weighted by atomic mass is 9.89. The molecule has 2 amide bonds. The van der Waals surface area contributed by atoms with Crippen molar-refractivity contribution in [2.24, 2.45) is 5.92 Å². The van der Waals surface area contributed by atoms with E-state index in [4.69, 9.17) is 4.52 Å². The van der Waals surface area contributed by atoms with Crippen LogP contribution in [0.25, 0.3) is 0 Å². The second-order valence-corrected chi connectivity index (χ2v) is 7.45. The summed E-state index contributed by atoms with van der Waals surface area (Å²) in [5.41, 5.74) is 0.289. The summed E-state index contributed by atoms with van der Waals surface area (Å²) in [5, 5.41) is 6.75. The summed E-state index contributed by atoms with van der Waals surface area (Å²) in [4.78, 5) is 26.4. The molecular weight excluding hydrogens is 306 g/mol. The van der Waals surface area contributed by atoms with Gasteiger partial charge in [0, 0.05) is 31.5 Å². The summed E-state index contributed by atoms with van der Waals surface area (Å²) in [5.74, 6) is 1.40. The van der Waals surface area contributed by atoms with Gasteiger partial charge in [-0.3, -0.25) is 9.59 Å². The minimum atomic E-state index is -0.261. The number of hydrogen-bond donors (Lipinski definition) is 1. The van der Waals surface area contributed by atoms with Crippen LogP contribution in [0.1, 0.15) is 74.5 Å². The molecule has 24 heavy (non-hydrogen) atoms. The number of likely N-dealkylation sites (tertiary alicyclic amines) is 1. The second-order valence-electron chi connectivity index (χ2n) is 7.45. The van der Waals surface area contributed by atoms with Crippen molar-refractivity contribution >= 4 is 11.8 Å². The molecule has 1 N–H and O–H groups in total. The lowest BCUT2D eigenvalue weighted by Crippen LogP contribution is -2.38. The Morgan fingerprint density at radius 1 is 1.38 bits per heavy atom. The molecule has 1 saturated heterocycles. The van der Waals surface area contributed by atoms with Gasteiger partial charge in [0.05, 0.1) is 6.04 Å². The van der Waals surface area contributed by atoms with E-state index in [1.54, 1.807) is 6.07 Å². The number of nitrogens with zero attached hydrogens (tertiary/aromatic N) is 2. The van der Waals surface area contributed by atoms with Crippen molar-refractivity contribution in [2.45, 2.75) is 64.3 Å². The fraction of sp³-hybridized carbons (Fsp3) is 0.722. The van der Waals surface area contributed by atoms with Gasteiger partial charge in [0.1, 0.15) is 5.76 Å². The lowest BCUT2D eigenvalue weighted by molar-refractivity contribution is -0.128. The number of carbonyl (C=O) groups excluding carboxylic acids is 2. The van der Waals surface area contributed by atoms with E-state index in [0.717, 1.165) is 6.54 Å². The van der Waals surface area contributed by atoms with E-state index >= 15 is 0 Å². The van der Waals surface area contributed by atoms with Crippen molar-refractivity contribution in [3.05, 3.63) is 17.5 Å². The lowest BCUT2D eigenvalue weighted by Gasteiger charge is -2.27. The molecule has 2 fully saturated rings. The number of nitrogens with one attached hydrogen (secondary N) is 1. The van der Waals surface area contributed by atoms with Gasteiger partial charge in [0.15, 0.2) is 5.69 Å². The van der Waals surface area contributed by atoms with Crippen LogP contribution in [-0.4, -0.2) is 41.0 Å². The Balaban J connectivity index is 1.52. The van der Waals surface area contributed by atoms with Crippen molar-refractivity contribution in [1.29, 1.82) is 0 Å². The standard InChI is InChI=1S/C18H27N3O3/c1-12(2)16-9-15(20-24-16)18(23)19-14-8-17(22)21(11-14)10-13-6-4-3-5-7-13/h9,12-14H,3-8,10-11H2,1-2H3,(H,19,23)/t14-/m0/s1. The van der Waals surface area contributed by atoms with Crippen LogP contribution < -0.4 is 5.32 Å². The largest absolute Gasteiger partial charge is 0.360 e. The Hall–Kier alpha value is -1.85. The zero-order chi connectivity index (χ0) is 17.1. The molecule has 1 aliphatic carbocycles. The van der Waals surface area contributed by atoms with Crippen LogP contribution in [-0.2, 0) is 4.79 Å². The minimum absolute atomic E-state index is 0.132. The minimum Gasteiger partial charge on any atom is -0.360 e. The maximum atomic E-state index is 12.3. The molecule has 0 radical (unpaired) electrons. The van der Waals surface area contributed by atoms with Gasteiger partial charge < -0.3 is 14.7 Å². The van der Waals surface area contributed by atoms with Gasteiger partial charge in [-0.2, -0.15) is 0 Å². The fourth-order valence-corrected chi connectivity index (χ4v) is 3.65. The van der Waals surface area contributed by atoms with Crippen LogP contribution in [0.5, 0.6) is 0 Å². The molecule has 1 aromatic heterocycles. The van der Waals surface area contributed by atoms with Crippen LogP contribution in [0, 0.1) is 5.92 Å². The fourth-order valence-electron chi connectivity index (χ4n) is 3.65. The van der Waals surface area contributed by atoms with E-state index < -0.39 is 0 Å². The van der Waals surface area contributed by atoms with E-state index in [-0.39, 0.29) is 29.5 Å². The molecule has 1 saturated carbocycles. The van der Waals surface area contributed by atoms with Crippen LogP contribution in [0.3, 0.4) is 0 Å². The first kappa shape index (κ1) is 17.0. The highest BCUT2D eigenvalue weighted by molar-refractivity contribution is 5.93. The van der Waals surface area contributed by atoms with E-state index in [2.05, 4.69) is 10.5 Å². The predicted octanol–water partition coefficient (Wildman–Crippen LogP) is 2.71. The number of hydrogen-bond acceptors (Lipinski definition) is 4. The molecule has 2 heterocycles. The van der Waals surface area contributed by atoms with Gasteiger partial charge in [0.25, 0.3) is 5.91 Å². The van der Waals surface area contributed by atoms with Crippen LogP contribution in [0.2, 0.25) is 0 Å². The summed E-state index contributed by atoms with van der Waals surface area (Å²) in [7, 11) is 0. The number of rotatable bonds is 5. The molecule has 132 valence electrons. The van der Waals surface area contributed by atoms with Crippen molar-refractivity contribution in [3.8, 4) is 0 Å². The zero-order valence-corrected chi connectivity index (χ0v) is 14.6. The highest BCUT2D eigenvalue weighted by atomic mass is 16.5. The summed E-state index contributed by atoms with van der Waals surface area (Å²) >= 11 is 0. The van der Waals surface area contributed by atoms with Gasteiger partial charge >= 0.3 is 0 Å².